The fourth-order valence-corrected chi connectivity index (χ4v) is 2.44. The van der Waals surface area contributed by atoms with Gasteiger partial charge in [0, 0.05) is 19.2 Å². The Morgan fingerprint density at radius 3 is 2.25 bits per heavy atom. The molecule has 1 rings (SSSR count). The van der Waals surface area contributed by atoms with Gasteiger partial charge in [0.25, 0.3) is 0 Å². The smallest absolute Gasteiger partial charge is 0.334 e. The summed E-state index contributed by atoms with van der Waals surface area (Å²) >= 11 is 0. The largest absolute Gasteiger partial charge is 0.479 e. The number of nitrogens with one attached hydrogen (secondary N) is 1. The van der Waals surface area contributed by atoms with E-state index in [-0.39, 0.29) is 17.2 Å². The average Bonchev–Trinajstić information content (AvgIpc) is 2.39. The number of ketones is 1. The van der Waals surface area contributed by atoms with Crippen LogP contribution in [0.1, 0.15) is 17.3 Å². The standard InChI is InChI=1S/C12H15NO6S/c1-8(14)9-3-5-10(6-4-9)20(17,18)13-7-11(19-2)12(15)16/h3-6,11,13H,7H2,1-2H3,(H,15,16). The van der Waals surface area contributed by atoms with E-state index < -0.39 is 22.1 Å². The second-order valence-corrected chi connectivity index (χ2v) is 5.76. The first kappa shape index (κ1) is 16.3. The summed E-state index contributed by atoms with van der Waals surface area (Å²) in [4.78, 5) is 21.7. The SMILES string of the molecule is COC(CNS(=O)(=O)c1ccc(C(C)=O)cc1)C(=O)O. The second kappa shape index (κ2) is 6.60. The Bertz CT molecular complexity index is 593. The van der Waals surface area contributed by atoms with Crippen LogP contribution in [-0.2, 0) is 19.6 Å². The molecule has 0 radical (unpaired) electrons. The average molecular weight is 301 g/mol. The molecule has 0 saturated heterocycles. The molecule has 0 aliphatic rings. The molecule has 8 heteroatoms. The van der Waals surface area contributed by atoms with Gasteiger partial charge in [-0.25, -0.2) is 17.9 Å². The van der Waals surface area contributed by atoms with Crippen molar-refractivity contribution < 1.29 is 27.9 Å². The topological polar surface area (TPSA) is 110 Å². The van der Waals surface area contributed by atoms with Crippen LogP contribution in [0.3, 0.4) is 0 Å². The van der Waals surface area contributed by atoms with E-state index >= 15 is 0 Å². The number of methoxy groups -OCH3 is 1. The minimum absolute atomic E-state index is 0.0530. The first-order valence-corrected chi connectivity index (χ1v) is 7.12. The predicted molar refractivity (Wildman–Crippen MR) is 70.1 cm³/mol. The van der Waals surface area contributed by atoms with E-state index in [2.05, 4.69) is 9.46 Å². The number of hydrogen-bond donors (Lipinski definition) is 2. The quantitative estimate of drug-likeness (QED) is 0.699. The number of carboxylic acids is 1. The molecule has 1 aromatic carbocycles. The van der Waals surface area contributed by atoms with Crippen LogP contribution in [0.2, 0.25) is 0 Å². The highest BCUT2D eigenvalue weighted by molar-refractivity contribution is 7.89. The number of rotatable bonds is 7. The summed E-state index contributed by atoms with van der Waals surface area (Å²) in [7, 11) is -2.67. The van der Waals surface area contributed by atoms with Gasteiger partial charge in [0.2, 0.25) is 10.0 Å². The van der Waals surface area contributed by atoms with Crippen molar-refractivity contribution in [2.24, 2.45) is 0 Å². The Morgan fingerprint density at radius 1 is 1.30 bits per heavy atom. The molecule has 110 valence electrons. The predicted octanol–water partition coefficient (Wildman–Crippen LogP) is 0.267. The number of ether oxygens (including phenoxy) is 1. The van der Waals surface area contributed by atoms with Gasteiger partial charge >= 0.3 is 5.97 Å². The summed E-state index contributed by atoms with van der Waals surface area (Å²) in [6.07, 6.45) is -1.26. The first-order valence-electron chi connectivity index (χ1n) is 5.64. The van der Waals surface area contributed by atoms with E-state index in [4.69, 9.17) is 5.11 Å². The van der Waals surface area contributed by atoms with Gasteiger partial charge in [-0.2, -0.15) is 0 Å². The van der Waals surface area contributed by atoms with E-state index in [0.29, 0.717) is 5.56 Å². The van der Waals surface area contributed by atoms with Crippen molar-refractivity contribution in [1.82, 2.24) is 4.72 Å². The molecular formula is C12H15NO6S. The Kier molecular flexibility index (Phi) is 5.37. The number of sulfonamides is 1. The molecule has 0 aliphatic heterocycles. The van der Waals surface area contributed by atoms with Crippen LogP contribution in [0.5, 0.6) is 0 Å². The van der Waals surface area contributed by atoms with Crippen molar-refractivity contribution in [1.29, 1.82) is 0 Å². The van der Waals surface area contributed by atoms with Crippen molar-refractivity contribution in [3.8, 4) is 0 Å². The molecule has 0 saturated carbocycles. The van der Waals surface area contributed by atoms with E-state index in [9.17, 15) is 18.0 Å². The van der Waals surface area contributed by atoms with Crippen molar-refractivity contribution >= 4 is 21.8 Å². The van der Waals surface area contributed by atoms with Crippen molar-refractivity contribution in [2.75, 3.05) is 13.7 Å². The van der Waals surface area contributed by atoms with Crippen LogP contribution < -0.4 is 4.72 Å². The van der Waals surface area contributed by atoms with Crippen LogP contribution in [0.4, 0.5) is 0 Å². The van der Waals surface area contributed by atoms with Gasteiger partial charge in [-0.15, -0.1) is 0 Å². The molecule has 0 spiro atoms. The molecule has 0 amide bonds. The molecule has 1 atom stereocenters. The van der Waals surface area contributed by atoms with Crippen LogP contribution >= 0.6 is 0 Å². The normalized spacial score (nSPS) is 12.9. The molecule has 1 unspecified atom stereocenters. The molecule has 0 aliphatic carbocycles. The third kappa shape index (κ3) is 4.12. The van der Waals surface area contributed by atoms with E-state index in [1.165, 1.54) is 38.3 Å². The van der Waals surface area contributed by atoms with Gasteiger partial charge in [0.05, 0.1) is 4.90 Å². The maximum absolute atomic E-state index is 11.9. The molecule has 1 aromatic rings. The van der Waals surface area contributed by atoms with Crippen LogP contribution in [0.15, 0.2) is 29.2 Å². The minimum Gasteiger partial charge on any atom is -0.479 e. The molecule has 0 aromatic heterocycles. The number of hydrogen-bond acceptors (Lipinski definition) is 5. The lowest BCUT2D eigenvalue weighted by Gasteiger charge is -2.12. The number of aliphatic carboxylic acids is 1. The minimum atomic E-state index is -3.85. The van der Waals surface area contributed by atoms with Gasteiger partial charge in [0.15, 0.2) is 11.9 Å². The van der Waals surface area contributed by atoms with E-state index in [1.807, 2.05) is 0 Å². The Balaban J connectivity index is 2.83. The number of carbonyl (C=O) groups is 2. The summed E-state index contributed by atoms with van der Waals surface area (Å²) in [5.74, 6) is -1.44. The fraction of sp³-hybridized carbons (Fsp3) is 0.333. The summed E-state index contributed by atoms with van der Waals surface area (Å²) < 4.78 is 30.6. The zero-order valence-corrected chi connectivity index (χ0v) is 11.8. The Labute approximate surface area is 116 Å². The van der Waals surface area contributed by atoms with Gasteiger partial charge < -0.3 is 9.84 Å². The lowest BCUT2D eigenvalue weighted by Crippen LogP contribution is -2.37. The monoisotopic (exact) mass is 301 g/mol. The lowest BCUT2D eigenvalue weighted by molar-refractivity contribution is -0.147. The lowest BCUT2D eigenvalue weighted by atomic mass is 10.2. The van der Waals surface area contributed by atoms with Crippen molar-refractivity contribution in [3.05, 3.63) is 29.8 Å². The number of carboxylic acid groups (broad SMARTS) is 1. The second-order valence-electron chi connectivity index (χ2n) is 4.00. The number of benzene rings is 1. The van der Waals surface area contributed by atoms with Crippen LogP contribution in [-0.4, -0.2) is 45.0 Å². The first-order chi connectivity index (χ1) is 9.27. The van der Waals surface area contributed by atoms with Gasteiger partial charge in [-0.05, 0) is 19.1 Å². The summed E-state index contributed by atoms with van der Waals surface area (Å²) in [6.45, 7) is 0.987. The van der Waals surface area contributed by atoms with E-state index in [1.54, 1.807) is 0 Å². The third-order valence-corrected chi connectivity index (χ3v) is 4.03. The molecular weight excluding hydrogens is 286 g/mol. The Hall–Kier alpha value is -1.77. The Morgan fingerprint density at radius 2 is 1.85 bits per heavy atom. The number of carbonyl (C=O) groups excluding carboxylic acids is 1. The van der Waals surface area contributed by atoms with Gasteiger partial charge in [-0.3, -0.25) is 4.79 Å². The highest BCUT2D eigenvalue weighted by Gasteiger charge is 2.21. The molecule has 0 heterocycles. The maximum Gasteiger partial charge on any atom is 0.334 e. The summed E-state index contributed by atoms with van der Waals surface area (Å²) in [6, 6.07) is 5.34. The zero-order valence-electron chi connectivity index (χ0n) is 11.0. The fourth-order valence-electron chi connectivity index (χ4n) is 1.41. The molecule has 20 heavy (non-hydrogen) atoms. The highest BCUT2D eigenvalue weighted by Crippen LogP contribution is 2.11. The van der Waals surface area contributed by atoms with Crippen LogP contribution in [0, 0.1) is 0 Å². The van der Waals surface area contributed by atoms with Crippen molar-refractivity contribution in [3.63, 3.8) is 0 Å². The van der Waals surface area contributed by atoms with Gasteiger partial charge in [0.1, 0.15) is 0 Å². The van der Waals surface area contributed by atoms with Gasteiger partial charge in [-0.1, -0.05) is 12.1 Å². The molecule has 0 bridgehead atoms. The summed E-state index contributed by atoms with van der Waals surface area (Å²) in [5.41, 5.74) is 0.393. The zero-order chi connectivity index (χ0) is 15.3. The maximum atomic E-state index is 11.9. The van der Waals surface area contributed by atoms with E-state index in [0.717, 1.165) is 0 Å². The number of Topliss-reactive ketones (excluding diaryl/α,β-unsaturated/α-hetero) is 1. The van der Waals surface area contributed by atoms with Crippen LogP contribution in [0.25, 0.3) is 0 Å². The van der Waals surface area contributed by atoms with Crippen molar-refractivity contribution in [2.45, 2.75) is 17.9 Å². The molecule has 7 nitrogen and oxygen atoms in total. The summed E-state index contributed by atoms with van der Waals surface area (Å²) in [5, 5.41) is 8.74. The third-order valence-electron chi connectivity index (χ3n) is 2.59. The molecule has 0 fully saturated rings. The molecule has 2 N–H and O–H groups in total. The highest BCUT2D eigenvalue weighted by atomic mass is 32.2.